The summed E-state index contributed by atoms with van der Waals surface area (Å²) in [5, 5.41) is 8.57. The average Bonchev–Trinajstić information content (AvgIpc) is 3.11. The second-order valence-electron chi connectivity index (χ2n) is 11.6. The van der Waals surface area contributed by atoms with Crippen LogP contribution in [0.1, 0.15) is 5.56 Å². The summed E-state index contributed by atoms with van der Waals surface area (Å²) in [6, 6.07) is 56.0. The van der Waals surface area contributed by atoms with Gasteiger partial charge in [-0.05, 0) is 41.0 Å². The molecule has 7 aromatic carbocycles. The molecule has 1 aromatic heterocycles. The Kier molecular flexibility index (Phi) is 6.67. The van der Waals surface area contributed by atoms with Crippen molar-refractivity contribution in [2.75, 3.05) is 0 Å². The van der Waals surface area contributed by atoms with Crippen LogP contribution in [0.25, 0.3) is 54.8 Å². The van der Waals surface area contributed by atoms with E-state index in [1.807, 2.05) is 72.8 Å². The molecule has 0 saturated heterocycles. The fraction of sp³-hybridized carbons (Fsp3) is 0.0238. The van der Waals surface area contributed by atoms with Crippen molar-refractivity contribution in [1.82, 2.24) is 4.98 Å². The molecule has 45 heavy (non-hydrogen) atoms. The van der Waals surface area contributed by atoms with E-state index in [1.54, 1.807) is 0 Å². The van der Waals surface area contributed by atoms with Crippen molar-refractivity contribution in [3.05, 3.63) is 169 Å². The fourth-order valence-corrected chi connectivity index (χ4v) is 9.16. The molecule has 0 fully saturated rings. The topological polar surface area (TPSA) is 30.0 Å². The smallest absolute Gasteiger partial charge is 0.171 e. The Hall–Kier alpha value is -5.30. The van der Waals surface area contributed by atoms with E-state index in [0.29, 0.717) is 0 Å². The molecule has 8 rings (SSSR count). The first-order valence-corrected chi connectivity index (χ1v) is 16.9. The zero-order valence-electron chi connectivity index (χ0n) is 24.9. The summed E-state index contributed by atoms with van der Waals surface area (Å²) in [5.41, 5.74) is 6.48. The van der Waals surface area contributed by atoms with E-state index in [-0.39, 0.29) is 0 Å². The van der Waals surface area contributed by atoms with Gasteiger partial charge < -0.3 is 4.57 Å². The molecule has 3 heteroatoms. The Morgan fingerprint density at radius 2 is 1.02 bits per heavy atom. The molecule has 8 aromatic rings. The fourth-order valence-electron chi connectivity index (χ4n) is 6.51. The summed E-state index contributed by atoms with van der Waals surface area (Å²) in [6.07, 6.45) is 0. The van der Waals surface area contributed by atoms with Gasteiger partial charge in [0.1, 0.15) is 0 Å². The molecule has 0 aliphatic carbocycles. The number of benzene rings is 7. The lowest BCUT2D eigenvalue weighted by atomic mass is 9.94. The molecule has 0 bridgehead atoms. The highest BCUT2D eigenvalue weighted by Crippen LogP contribution is 2.43. The van der Waals surface area contributed by atoms with E-state index in [1.165, 1.54) is 27.1 Å². The molecule has 0 spiro atoms. The maximum Gasteiger partial charge on any atom is 0.171 e. The van der Waals surface area contributed by atoms with Gasteiger partial charge in [-0.3, -0.25) is 0 Å². The molecular formula is C42H30NOP. The van der Waals surface area contributed by atoms with Crippen molar-refractivity contribution in [3.8, 4) is 22.4 Å². The molecule has 0 saturated carbocycles. The first-order valence-electron chi connectivity index (χ1n) is 15.2. The summed E-state index contributed by atoms with van der Waals surface area (Å²) >= 11 is 0. The van der Waals surface area contributed by atoms with Gasteiger partial charge in [0.25, 0.3) is 0 Å². The van der Waals surface area contributed by atoms with Crippen LogP contribution in [-0.2, 0) is 4.57 Å². The molecule has 0 unspecified atom stereocenters. The van der Waals surface area contributed by atoms with E-state index in [0.717, 1.165) is 49.2 Å². The molecule has 0 atom stereocenters. The van der Waals surface area contributed by atoms with Gasteiger partial charge in [-0.2, -0.15) is 0 Å². The highest BCUT2D eigenvalue weighted by Gasteiger charge is 2.29. The molecule has 0 aliphatic rings. The molecule has 214 valence electrons. The quantitative estimate of drug-likeness (QED) is 0.146. The molecule has 0 aliphatic heterocycles. The summed E-state index contributed by atoms with van der Waals surface area (Å²) in [6.45, 7) is 2.14. The van der Waals surface area contributed by atoms with Crippen LogP contribution >= 0.6 is 7.14 Å². The lowest BCUT2D eigenvalue weighted by Crippen LogP contribution is -2.24. The highest BCUT2D eigenvalue weighted by molar-refractivity contribution is 7.85. The molecule has 0 N–H and O–H groups in total. The van der Waals surface area contributed by atoms with Crippen LogP contribution in [0.15, 0.2) is 164 Å². The number of aryl methyl sites for hydroxylation is 1. The zero-order valence-corrected chi connectivity index (χ0v) is 25.8. The Balaban J connectivity index is 1.20. The minimum atomic E-state index is -3.01. The Morgan fingerprint density at radius 1 is 0.467 bits per heavy atom. The summed E-state index contributed by atoms with van der Waals surface area (Å²) < 4.78 is 14.8. The van der Waals surface area contributed by atoms with Gasteiger partial charge in [0.15, 0.2) is 7.14 Å². The van der Waals surface area contributed by atoms with E-state index in [9.17, 15) is 4.57 Å². The molecular weight excluding hydrogens is 565 g/mol. The van der Waals surface area contributed by atoms with Gasteiger partial charge >= 0.3 is 0 Å². The van der Waals surface area contributed by atoms with E-state index in [4.69, 9.17) is 4.98 Å². The van der Waals surface area contributed by atoms with Crippen LogP contribution in [0.3, 0.4) is 0 Å². The second kappa shape index (κ2) is 11.0. The van der Waals surface area contributed by atoms with Crippen LogP contribution in [0, 0.1) is 6.92 Å². The Bertz CT molecular complexity index is 2340. The number of fused-ring (bicyclic) bond motifs is 5. The number of pyridine rings is 1. The number of aromatic nitrogens is 1. The number of nitrogens with zero attached hydrogens (tertiary/aromatic N) is 1. The van der Waals surface area contributed by atoms with E-state index in [2.05, 4.69) is 97.9 Å². The van der Waals surface area contributed by atoms with Crippen molar-refractivity contribution in [2.45, 2.75) is 6.92 Å². The average molecular weight is 596 g/mol. The number of hydrogen-bond donors (Lipinski definition) is 0. The third kappa shape index (κ3) is 4.67. The van der Waals surface area contributed by atoms with Gasteiger partial charge in [0.05, 0.1) is 11.2 Å². The van der Waals surface area contributed by atoms with Gasteiger partial charge in [-0.25, -0.2) is 4.98 Å². The van der Waals surface area contributed by atoms with Gasteiger partial charge in [0, 0.05) is 37.6 Å². The Labute approximate surface area is 263 Å². The largest absolute Gasteiger partial charge is 0.309 e. The minimum absolute atomic E-state index is 0.828. The zero-order chi connectivity index (χ0) is 30.4. The van der Waals surface area contributed by atoms with Crippen LogP contribution in [0.5, 0.6) is 0 Å². The van der Waals surface area contributed by atoms with Gasteiger partial charge in [-0.15, -0.1) is 0 Å². The van der Waals surface area contributed by atoms with Crippen molar-refractivity contribution < 1.29 is 4.57 Å². The monoisotopic (exact) mass is 595 g/mol. The van der Waals surface area contributed by atoms with Crippen molar-refractivity contribution in [2.24, 2.45) is 0 Å². The maximum atomic E-state index is 14.8. The standard InChI is InChI=1S/C42H30NOP/c1-29-16-27-40-39(28-29)41-37-15-9-8-10-32(37)23-26-38(41)42(43-40)33-19-17-30(18-20-33)31-21-24-36(25-22-31)45(44,34-11-4-2-5-12-34)35-13-6-3-7-14-35/h2-28H,1H3. The predicted molar refractivity (Wildman–Crippen MR) is 192 cm³/mol. The molecule has 0 amide bonds. The summed E-state index contributed by atoms with van der Waals surface area (Å²) in [5.74, 6) is 0. The third-order valence-electron chi connectivity index (χ3n) is 8.80. The lowest BCUT2D eigenvalue weighted by Gasteiger charge is -2.20. The minimum Gasteiger partial charge on any atom is -0.309 e. The molecule has 0 radical (unpaired) electrons. The van der Waals surface area contributed by atoms with Crippen LogP contribution in [0.4, 0.5) is 0 Å². The van der Waals surface area contributed by atoms with Gasteiger partial charge in [0.2, 0.25) is 0 Å². The lowest BCUT2D eigenvalue weighted by molar-refractivity contribution is 0.592. The van der Waals surface area contributed by atoms with Crippen molar-refractivity contribution >= 4 is 55.5 Å². The van der Waals surface area contributed by atoms with Crippen LogP contribution in [0.2, 0.25) is 0 Å². The number of hydrogen-bond acceptors (Lipinski definition) is 2. The first kappa shape index (κ1) is 27.3. The van der Waals surface area contributed by atoms with Gasteiger partial charge in [-0.1, -0.05) is 157 Å². The maximum absolute atomic E-state index is 14.8. The Morgan fingerprint density at radius 3 is 1.69 bits per heavy atom. The number of rotatable bonds is 5. The summed E-state index contributed by atoms with van der Waals surface area (Å²) in [4.78, 5) is 5.19. The SMILES string of the molecule is Cc1ccc2nc(-c3ccc(-c4ccc(P(=O)(c5ccccc5)c5ccccc5)cc4)cc3)c3ccc4ccccc4c3c2c1. The van der Waals surface area contributed by atoms with Crippen LogP contribution in [-0.4, -0.2) is 4.98 Å². The van der Waals surface area contributed by atoms with Crippen LogP contribution < -0.4 is 15.9 Å². The third-order valence-corrected chi connectivity index (χ3v) is 11.9. The highest BCUT2D eigenvalue weighted by atomic mass is 31.2. The van der Waals surface area contributed by atoms with E-state index >= 15 is 0 Å². The normalized spacial score (nSPS) is 11.8. The molecule has 2 nitrogen and oxygen atoms in total. The second-order valence-corrected chi connectivity index (χ2v) is 14.4. The van der Waals surface area contributed by atoms with Crippen molar-refractivity contribution in [3.63, 3.8) is 0 Å². The van der Waals surface area contributed by atoms with Crippen molar-refractivity contribution in [1.29, 1.82) is 0 Å². The first-order chi connectivity index (χ1) is 22.1. The summed E-state index contributed by atoms with van der Waals surface area (Å²) in [7, 11) is -3.01. The van der Waals surface area contributed by atoms with E-state index < -0.39 is 7.14 Å². The molecule has 1 heterocycles. The predicted octanol–water partition coefficient (Wildman–Crippen LogP) is 9.82.